The fourth-order valence-electron chi connectivity index (χ4n) is 1.87. The molecule has 0 heterocycles. The fraction of sp³-hybridized carbons (Fsp3) is 0.533. The van der Waals surface area contributed by atoms with Gasteiger partial charge >= 0.3 is 0 Å². The number of carbonyl (C=O) groups is 1. The number of halogens is 1. The molecule has 0 unspecified atom stereocenters. The van der Waals surface area contributed by atoms with E-state index in [1.54, 1.807) is 24.3 Å². The molecule has 0 aromatic heterocycles. The summed E-state index contributed by atoms with van der Waals surface area (Å²) in [5.41, 5.74) is 0.834. The van der Waals surface area contributed by atoms with Crippen molar-refractivity contribution in [2.75, 3.05) is 19.3 Å². The predicted octanol–water partition coefficient (Wildman–Crippen LogP) is 2.41. The molecule has 0 fully saturated rings. The summed E-state index contributed by atoms with van der Waals surface area (Å²) in [4.78, 5) is 11.7. The van der Waals surface area contributed by atoms with Gasteiger partial charge in [-0.1, -0.05) is 37.1 Å². The van der Waals surface area contributed by atoms with Gasteiger partial charge in [-0.25, -0.2) is 8.42 Å². The van der Waals surface area contributed by atoms with Crippen molar-refractivity contribution in [3.63, 3.8) is 0 Å². The van der Waals surface area contributed by atoms with Crippen LogP contribution in [-0.2, 0) is 21.4 Å². The van der Waals surface area contributed by atoms with E-state index >= 15 is 0 Å². The van der Waals surface area contributed by atoms with Crippen LogP contribution in [0.25, 0.3) is 0 Å². The van der Waals surface area contributed by atoms with Gasteiger partial charge in [0.1, 0.15) is 0 Å². The van der Waals surface area contributed by atoms with Gasteiger partial charge in [-0.05, 0) is 24.1 Å². The highest BCUT2D eigenvalue weighted by Crippen LogP contribution is 2.13. The van der Waals surface area contributed by atoms with E-state index in [1.807, 2.05) is 6.92 Å². The number of amides is 1. The highest BCUT2D eigenvalue weighted by Gasteiger charge is 2.18. The average Bonchev–Trinajstić information content (AvgIpc) is 2.44. The van der Waals surface area contributed by atoms with Crippen LogP contribution in [0.4, 0.5) is 0 Å². The van der Waals surface area contributed by atoms with Gasteiger partial charge in [0.15, 0.2) is 0 Å². The molecule has 0 radical (unpaired) electrons. The Morgan fingerprint density at radius 2 is 1.91 bits per heavy atom. The predicted molar refractivity (Wildman–Crippen MR) is 89.2 cm³/mol. The highest BCUT2D eigenvalue weighted by molar-refractivity contribution is 7.88. The van der Waals surface area contributed by atoms with Gasteiger partial charge in [0.2, 0.25) is 15.9 Å². The van der Waals surface area contributed by atoms with Crippen LogP contribution in [0.15, 0.2) is 24.3 Å². The molecule has 7 heteroatoms. The molecule has 0 aliphatic rings. The van der Waals surface area contributed by atoms with Gasteiger partial charge in [-0.2, -0.15) is 4.31 Å². The van der Waals surface area contributed by atoms with Crippen molar-refractivity contribution < 1.29 is 13.2 Å². The maximum Gasteiger partial charge on any atom is 0.221 e. The van der Waals surface area contributed by atoms with Crippen LogP contribution in [0.3, 0.4) is 0 Å². The van der Waals surface area contributed by atoms with Crippen LogP contribution in [0, 0.1) is 0 Å². The molecule has 5 nitrogen and oxygen atoms in total. The van der Waals surface area contributed by atoms with Gasteiger partial charge in [-0.15, -0.1) is 0 Å². The third kappa shape index (κ3) is 7.24. The van der Waals surface area contributed by atoms with Crippen molar-refractivity contribution in [1.29, 1.82) is 0 Å². The second kappa shape index (κ2) is 9.12. The highest BCUT2D eigenvalue weighted by atomic mass is 35.5. The maximum absolute atomic E-state index is 11.8. The van der Waals surface area contributed by atoms with Crippen LogP contribution in [-0.4, -0.2) is 38.0 Å². The van der Waals surface area contributed by atoms with Gasteiger partial charge in [-0.3, -0.25) is 4.79 Å². The fourth-order valence-corrected chi connectivity index (χ4v) is 2.81. The Morgan fingerprint density at radius 3 is 2.45 bits per heavy atom. The van der Waals surface area contributed by atoms with E-state index in [0.717, 1.165) is 24.7 Å². The average molecular weight is 347 g/mol. The Bertz CT molecular complexity index is 573. The molecule has 1 rings (SSSR count). The molecule has 1 aromatic carbocycles. The standard InChI is InChI=1S/C15H23ClN2O3S/c1-3-4-10-17-15(19)9-11-18(22(2,20)21)12-13-5-7-14(16)8-6-13/h5-8H,3-4,9-12H2,1-2H3,(H,17,19). The number of nitrogens with zero attached hydrogens (tertiary/aromatic N) is 1. The zero-order chi connectivity index (χ0) is 16.6. The summed E-state index contributed by atoms with van der Waals surface area (Å²) in [7, 11) is -3.37. The van der Waals surface area contributed by atoms with E-state index < -0.39 is 10.0 Å². The summed E-state index contributed by atoms with van der Waals surface area (Å²) < 4.78 is 25.0. The third-order valence-electron chi connectivity index (χ3n) is 3.18. The first-order valence-electron chi connectivity index (χ1n) is 7.29. The largest absolute Gasteiger partial charge is 0.356 e. The van der Waals surface area contributed by atoms with Crippen molar-refractivity contribution in [2.45, 2.75) is 32.7 Å². The first-order chi connectivity index (χ1) is 10.3. The lowest BCUT2D eigenvalue weighted by Gasteiger charge is -2.20. The van der Waals surface area contributed by atoms with E-state index in [0.29, 0.717) is 11.6 Å². The number of sulfonamides is 1. The molecule has 1 amide bonds. The monoisotopic (exact) mass is 346 g/mol. The van der Waals surface area contributed by atoms with E-state index in [-0.39, 0.29) is 25.4 Å². The maximum atomic E-state index is 11.8. The Kier molecular flexibility index (Phi) is 7.85. The Labute approximate surface area is 137 Å². The van der Waals surface area contributed by atoms with Gasteiger partial charge < -0.3 is 5.32 Å². The van der Waals surface area contributed by atoms with E-state index in [9.17, 15) is 13.2 Å². The van der Waals surface area contributed by atoms with Crippen LogP contribution >= 0.6 is 11.6 Å². The van der Waals surface area contributed by atoms with E-state index in [4.69, 9.17) is 11.6 Å². The molecular formula is C15H23ClN2O3S. The Balaban J connectivity index is 2.59. The minimum absolute atomic E-state index is 0.127. The molecule has 1 aromatic rings. The minimum atomic E-state index is -3.37. The normalized spacial score (nSPS) is 11.6. The van der Waals surface area contributed by atoms with Crippen molar-refractivity contribution in [3.8, 4) is 0 Å². The molecule has 124 valence electrons. The topological polar surface area (TPSA) is 66.5 Å². The lowest BCUT2D eigenvalue weighted by atomic mass is 10.2. The number of carbonyl (C=O) groups excluding carboxylic acids is 1. The SMILES string of the molecule is CCCCNC(=O)CCN(Cc1ccc(Cl)cc1)S(C)(=O)=O. The first kappa shape index (κ1) is 18.9. The minimum Gasteiger partial charge on any atom is -0.356 e. The lowest BCUT2D eigenvalue weighted by molar-refractivity contribution is -0.121. The lowest BCUT2D eigenvalue weighted by Crippen LogP contribution is -2.34. The zero-order valence-electron chi connectivity index (χ0n) is 13.0. The van der Waals surface area contributed by atoms with Gasteiger partial charge in [0, 0.05) is 31.1 Å². The summed E-state index contributed by atoms with van der Waals surface area (Å²) in [6.45, 7) is 3.08. The molecule has 0 saturated carbocycles. The molecule has 0 bridgehead atoms. The van der Waals surface area contributed by atoms with Crippen molar-refractivity contribution >= 4 is 27.5 Å². The van der Waals surface area contributed by atoms with Crippen molar-refractivity contribution in [2.24, 2.45) is 0 Å². The summed E-state index contributed by atoms with van der Waals surface area (Å²) >= 11 is 5.82. The Morgan fingerprint density at radius 1 is 1.27 bits per heavy atom. The second-order valence-electron chi connectivity index (χ2n) is 5.18. The molecule has 0 aliphatic carbocycles. The summed E-state index contributed by atoms with van der Waals surface area (Å²) in [6.07, 6.45) is 3.24. The molecule has 0 atom stereocenters. The van der Waals surface area contributed by atoms with Gasteiger partial charge in [0.05, 0.1) is 6.26 Å². The second-order valence-corrected chi connectivity index (χ2v) is 7.60. The van der Waals surface area contributed by atoms with Crippen molar-refractivity contribution in [1.82, 2.24) is 9.62 Å². The molecule has 1 N–H and O–H groups in total. The van der Waals surface area contributed by atoms with Crippen LogP contribution in [0.2, 0.25) is 5.02 Å². The third-order valence-corrected chi connectivity index (χ3v) is 4.68. The zero-order valence-corrected chi connectivity index (χ0v) is 14.6. The number of hydrogen-bond donors (Lipinski definition) is 1. The van der Waals surface area contributed by atoms with E-state index in [1.165, 1.54) is 4.31 Å². The molecule has 0 aliphatic heterocycles. The number of unbranched alkanes of at least 4 members (excludes halogenated alkanes) is 1. The van der Waals surface area contributed by atoms with Gasteiger partial charge in [0.25, 0.3) is 0 Å². The summed E-state index contributed by atoms with van der Waals surface area (Å²) in [5, 5.41) is 3.39. The number of rotatable bonds is 9. The quantitative estimate of drug-likeness (QED) is 0.698. The van der Waals surface area contributed by atoms with Crippen LogP contribution < -0.4 is 5.32 Å². The van der Waals surface area contributed by atoms with Crippen molar-refractivity contribution in [3.05, 3.63) is 34.9 Å². The smallest absolute Gasteiger partial charge is 0.221 e. The Hall–Kier alpha value is -1.11. The number of nitrogens with one attached hydrogen (secondary N) is 1. The summed E-state index contributed by atoms with van der Waals surface area (Å²) in [6, 6.07) is 6.99. The summed E-state index contributed by atoms with van der Waals surface area (Å²) in [5.74, 6) is -0.127. The number of hydrogen-bond acceptors (Lipinski definition) is 3. The molecule has 0 spiro atoms. The van der Waals surface area contributed by atoms with Crippen LogP contribution in [0.1, 0.15) is 31.7 Å². The van der Waals surface area contributed by atoms with E-state index in [2.05, 4.69) is 5.32 Å². The molecular weight excluding hydrogens is 324 g/mol. The first-order valence-corrected chi connectivity index (χ1v) is 9.52. The molecule has 0 saturated heterocycles. The number of benzene rings is 1. The molecule has 22 heavy (non-hydrogen) atoms. The van der Waals surface area contributed by atoms with Crippen LogP contribution in [0.5, 0.6) is 0 Å².